The molecule has 0 saturated heterocycles. The smallest absolute Gasteiger partial charge is 0.225 e. The second kappa shape index (κ2) is 10.1. The molecule has 0 atom stereocenters. The minimum Gasteiger partial charge on any atom is -0.383 e. The average molecular weight is 448 g/mol. The molecule has 0 aliphatic rings. The van der Waals surface area contributed by atoms with Gasteiger partial charge in [0.2, 0.25) is 5.91 Å². The number of nitrogens with zero attached hydrogens (tertiary/aromatic N) is 3. The highest BCUT2D eigenvalue weighted by atomic mass is 32.2. The Hall–Kier alpha value is -3.33. The van der Waals surface area contributed by atoms with Crippen LogP contribution < -0.4 is 11.1 Å². The molecule has 0 radical (unpaired) electrons. The van der Waals surface area contributed by atoms with Crippen LogP contribution in [0.25, 0.3) is 10.4 Å². The second-order valence-corrected chi connectivity index (χ2v) is 9.08. The van der Waals surface area contributed by atoms with E-state index in [0.29, 0.717) is 27.8 Å². The number of carbonyl (C=O) groups is 1. The predicted octanol–water partition coefficient (Wildman–Crippen LogP) is 5.38. The molecule has 0 bridgehead atoms. The lowest BCUT2D eigenvalue weighted by Gasteiger charge is -2.12. The van der Waals surface area contributed by atoms with Crippen LogP contribution in [0.2, 0.25) is 0 Å². The normalized spacial score (nSPS) is 10.5. The van der Waals surface area contributed by atoms with Crippen LogP contribution in [-0.2, 0) is 4.79 Å². The Morgan fingerprint density at radius 2 is 1.90 bits per heavy atom. The molecule has 0 aliphatic carbocycles. The van der Waals surface area contributed by atoms with Gasteiger partial charge in [-0.25, -0.2) is 4.98 Å². The maximum absolute atomic E-state index is 12.3. The van der Waals surface area contributed by atoms with Crippen LogP contribution >= 0.6 is 23.1 Å². The molecule has 31 heavy (non-hydrogen) atoms. The quantitative estimate of drug-likeness (QED) is 0.470. The first-order valence-electron chi connectivity index (χ1n) is 9.64. The number of pyridine rings is 1. The Morgan fingerprint density at radius 3 is 2.48 bits per heavy atom. The molecular formula is C23H21N5OS2. The summed E-state index contributed by atoms with van der Waals surface area (Å²) in [6.45, 7) is 4.24. The standard InChI is InChI=1S/C23H21N5OS2/c1-14(2)15-5-7-16(8-6-15)27-20(29)9-11-31-23-18(13-25)21(19-4-3-10-30-19)17(12-24)22(26)28-23/h3-8,10,14H,9,11H2,1-2H3,(H2,26,28)(H,27,29). The fraction of sp³-hybridized carbons (Fsp3) is 0.217. The number of amides is 1. The van der Waals surface area contributed by atoms with Gasteiger partial charge in [0.05, 0.1) is 5.56 Å². The zero-order chi connectivity index (χ0) is 22.4. The molecule has 1 amide bonds. The fourth-order valence-corrected chi connectivity index (χ4v) is 4.70. The van der Waals surface area contributed by atoms with E-state index in [1.165, 1.54) is 28.7 Å². The van der Waals surface area contributed by atoms with Gasteiger partial charge in [-0.05, 0) is 35.1 Å². The minimum atomic E-state index is -0.122. The van der Waals surface area contributed by atoms with E-state index in [4.69, 9.17) is 5.73 Å². The number of hydrogen-bond acceptors (Lipinski definition) is 7. The SMILES string of the molecule is CC(C)c1ccc(NC(=O)CCSc2nc(N)c(C#N)c(-c3cccs3)c2C#N)cc1. The zero-order valence-corrected chi connectivity index (χ0v) is 18.8. The number of aromatic nitrogens is 1. The molecule has 0 saturated carbocycles. The Kier molecular flexibility index (Phi) is 7.30. The summed E-state index contributed by atoms with van der Waals surface area (Å²) in [6.07, 6.45) is 0.247. The Labute approximate surface area is 189 Å². The number of rotatable bonds is 7. The number of nitriles is 2. The van der Waals surface area contributed by atoms with E-state index in [1.807, 2.05) is 41.8 Å². The number of benzene rings is 1. The molecule has 0 aliphatic heterocycles. The molecule has 0 fully saturated rings. The second-order valence-electron chi connectivity index (χ2n) is 7.05. The fourth-order valence-electron chi connectivity index (χ4n) is 2.99. The van der Waals surface area contributed by atoms with E-state index in [1.54, 1.807) is 0 Å². The number of hydrogen-bond donors (Lipinski definition) is 2. The van der Waals surface area contributed by atoms with Crippen molar-refractivity contribution < 1.29 is 4.79 Å². The lowest BCUT2D eigenvalue weighted by molar-refractivity contribution is -0.115. The van der Waals surface area contributed by atoms with Gasteiger partial charge < -0.3 is 11.1 Å². The van der Waals surface area contributed by atoms with Crippen LogP contribution in [0.3, 0.4) is 0 Å². The summed E-state index contributed by atoms with van der Waals surface area (Å²) in [5.74, 6) is 0.819. The van der Waals surface area contributed by atoms with Crippen molar-refractivity contribution in [2.45, 2.75) is 31.2 Å². The molecule has 2 heterocycles. The molecule has 0 unspecified atom stereocenters. The number of anilines is 2. The highest BCUT2D eigenvalue weighted by Gasteiger charge is 2.21. The lowest BCUT2D eigenvalue weighted by Crippen LogP contribution is -2.12. The van der Waals surface area contributed by atoms with E-state index in [0.717, 1.165) is 10.6 Å². The maximum atomic E-state index is 12.3. The van der Waals surface area contributed by atoms with Crippen molar-refractivity contribution in [2.24, 2.45) is 0 Å². The molecule has 0 spiro atoms. The van der Waals surface area contributed by atoms with Crippen molar-refractivity contribution in [3.63, 3.8) is 0 Å². The molecule has 3 aromatic rings. The lowest BCUT2D eigenvalue weighted by atomic mass is 10.0. The summed E-state index contributed by atoms with van der Waals surface area (Å²) in [4.78, 5) is 17.4. The summed E-state index contributed by atoms with van der Waals surface area (Å²) in [7, 11) is 0. The van der Waals surface area contributed by atoms with Crippen molar-refractivity contribution in [2.75, 3.05) is 16.8 Å². The van der Waals surface area contributed by atoms with Gasteiger partial charge in [0.15, 0.2) is 0 Å². The predicted molar refractivity (Wildman–Crippen MR) is 126 cm³/mol. The Bertz CT molecular complexity index is 1160. The van der Waals surface area contributed by atoms with Crippen molar-refractivity contribution in [3.8, 4) is 22.6 Å². The van der Waals surface area contributed by atoms with Crippen LogP contribution in [0.5, 0.6) is 0 Å². The van der Waals surface area contributed by atoms with Crippen LogP contribution in [0.15, 0.2) is 46.8 Å². The van der Waals surface area contributed by atoms with E-state index in [2.05, 4.69) is 36.3 Å². The van der Waals surface area contributed by atoms with Crippen LogP contribution in [-0.4, -0.2) is 16.6 Å². The van der Waals surface area contributed by atoms with Gasteiger partial charge in [-0.15, -0.1) is 23.1 Å². The third kappa shape index (κ3) is 5.24. The summed E-state index contributed by atoms with van der Waals surface area (Å²) >= 11 is 2.71. The number of carbonyl (C=O) groups excluding carboxylic acids is 1. The first-order valence-corrected chi connectivity index (χ1v) is 11.5. The van der Waals surface area contributed by atoms with Gasteiger partial charge in [0.1, 0.15) is 28.5 Å². The van der Waals surface area contributed by atoms with Crippen molar-refractivity contribution in [1.29, 1.82) is 10.5 Å². The largest absolute Gasteiger partial charge is 0.383 e. The highest BCUT2D eigenvalue weighted by Crippen LogP contribution is 2.37. The van der Waals surface area contributed by atoms with Crippen molar-refractivity contribution >= 4 is 40.5 Å². The molecular weight excluding hydrogens is 426 g/mol. The number of thioether (sulfide) groups is 1. The van der Waals surface area contributed by atoms with E-state index in [-0.39, 0.29) is 23.7 Å². The number of nitrogen functional groups attached to an aromatic ring is 1. The van der Waals surface area contributed by atoms with Gasteiger partial charge in [-0.1, -0.05) is 32.0 Å². The molecule has 1 aromatic carbocycles. The van der Waals surface area contributed by atoms with Crippen LogP contribution in [0.1, 0.15) is 42.9 Å². The summed E-state index contributed by atoms with van der Waals surface area (Å²) in [5.41, 5.74) is 8.97. The monoisotopic (exact) mass is 447 g/mol. The summed E-state index contributed by atoms with van der Waals surface area (Å²) < 4.78 is 0. The third-order valence-electron chi connectivity index (χ3n) is 4.61. The first-order chi connectivity index (χ1) is 14.9. The number of nitrogens with two attached hydrogens (primary N) is 1. The minimum absolute atomic E-state index is 0.0853. The highest BCUT2D eigenvalue weighted by molar-refractivity contribution is 7.99. The van der Waals surface area contributed by atoms with Crippen LogP contribution in [0, 0.1) is 22.7 Å². The Morgan fingerprint density at radius 1 is 1.19 bits per heavy atom. The maximum Gasteiger partial charge on any atom is 0.225 e. The van der Waals surface area contributed by atoms with Gasteiger partial charge >= 0.3 is 0 Å². The van der Waals surface area contributed by atoms with Gasteiger partial charge in [-0.3, -0.25) is 4.79 Å². The van der Waals surface area contributed by atoms with Crippen LogP contribution in [0.4, 0.5) is 11.5 Å². The topological polar surface area (TPSA) is 116 Å². The molecule has 3 rings (SSSR count). The van der Waals surface area contributed by atoms with Gasteiger partial charge in [0.25, 0.3) is 0 Å². The Balaban J connectivity index is 1.71. The number of nitrogens with one attached hydrogen (secondary N) is 1. The third-order valence-corrected chi connectivity index (χ3v) is 6.48. The first kappa shape index (κ1) is 22.4. The molecule has 8 heteroatoms. The number of thiophene rings is 1. The zero-order valence-electron chi connectivity index (χ0n) is 17.2. The van der Waals surface area contributed by atoms with E-state index in [9.17, 15) is 15.3 Å². The molecule has 6 nitrogen and oxygen atoms in total. The molecule has 3 N–H and O–H groups in total. The average Bonchev–Trinajstić information content (AvgIpc) is 3.28. The van der Waals surface area contributed by atoms with Crippen molar-refractivity contribution in [3.05, 3.63) is 58.5 Å². The summed E-state index contributed by atoms with van der Waals surface area (Å²) in [5, 5.41) is 24.4. The van der Waals surface area contributed by atoms with Crippen molar-refractivity contribution in [1.82, 2.24) is 4.98 Å². The van der Waals surface area contributed by atoms with Gasteiger partial charge in [0, 0.05) is 28.3 Å². The molecule has 156 valence electrons. The van der Waals surface area contributed by atoms with Gasteiger partial charge in [-0.2, -0.15) is 10.5 Å². The molecule has 2 aromatic heterocycles. The summed E-state index contributed by atoms with van der Waals surface area (Å²) in [6, 6.07) is 15.7. The van der Waals surface area contributed by atoms with E-state index >= 15 is 0 Å². The van der Waals surface area contributed by atoms with E-state index < -0.39 is 0 Å².